The molecule has 2 rings (SSSR count). The number of nitrogens with one attached hydrogen (secondary N) is 1. The van der Waals surface area contributed by atoms with E-state index < -0.39 is 17.7 Å². The van der Waals surface area contributed by atoms with Gasteiger partial charge in [0.15, 0.2) is 0 Å². The third-order valence-electron chi connectivity index (χ3n) is 2.91. The van der Waals surface area contributed by atoms with Gasteiger partial charge in [-0.1, -0.05) is 13.0 Å². The van der Waals surface area contributed by atoms with Gasteiger partial charge in [-0.25, -0.2) is 8.78 Å². The van der Waals surface area contributed by atoms with E-state index in [9.17, 15) is 8.78 Å². The first-order valence-corrected chi connectivity index (χ1v) is 5.86. The Morgan fingerprint density at radius 3 is 2.39 bits per heavy atom. The highest BCUT2D eigenvalue weighted by Crippen LogP contribution is 2.29. The van der Waals surface area contributed by atoms with Crippen molar-refractivity contribution >= 4 is 0 Å². The summed E-state index contributed by atoms with van der Waals surface area (Å²) in [7, 11) is 0. The summed E-state index contributed by atoms with van der Waals surface area (Å²) in [4.78, 5) is 0. The highest BCUT2D eigenvalue weighted by Gasteiger charge is 2.23. The van der Waals surface area contributed by atoms with Crippen LogP contribution in [0.3, 0.4) is 0 Å². The molecule has 2 aromatic rings. The Morgan fingerprint density at radius 1 is 1.22 bits per heavy atom. The Labute approximate surface area is 105 Å². The molecular weight excluding hydrogens is 236 g/mol. The summed E-state index contributed by atoms with van der Waals surface area (Å²) in [6, 6.07) is 5.08. The van der Waals surface area contributed by atoms with Crippen LogP contribution in [0, 0.1) is 18.6 Å². The normalized spacial score (nSPS) is 12.7. The minimum Gasteiger partial charge on any atom is -0.469 e. The second kappa shape index (κ2) is 5.31. The molecule has 4 heteroatoms. The molecule has 0 saturated carbocycles. The van der Waals surface area contributed by atoms with Crippen LogP contribution in [0.1, 0.15) is 29.9 Å². The Morgan fingerprint density at radius 2 is 1.89 bits per heavy atom. The highest BCUT2D eigenvalue weighted by atomic mass is 19.1. The quantitative estimate of drug-likeness (QED) is 0.898. The summed E-state index contributed by atoms with van der Waals surface area (Å²) in [5.41, 5.74) is 0.782. The zero-order valence-corrected chi connectivity index (χ0v) is 10.3. The van der Waals surface area contributed by atoms with Crippen LogP contribution in [0.4, 0.5) is 8.78 Å². The van der Waals surface area contributed by atoms with Crippen LogP contribution in [0.2, 0.25) is 0 Å². The molecule has 0 aliphatic rings. The Hall–Kier alpha value is -1.68. The largest absolute Gasteiger partial charge is 0.469 e. The molecule has 0 aliphatic heterocycles. The first-order valence-electron chi connectivity index (χ1n) is 5.86. The number of benzene rings is 1. The minimum atomic E-state index is -0.554. The molecule has 1 atom stereocenters. The van der Waals surface area contributed by atoms with Gasteiger partial charge in [0, 0.05) is 11.1 Å². The molecule has 96 valence electrons. The lowest BCUT2D eigenvalue weighted by atomic mass is 9.98. The van der Waals surface area contributed by atoms with Crippen LogP contribution in [0.25, 0.3) is 0 Å². The number of furan rings is 1. The SMILES string of the molecule is CCNC(c1ccoc1C)c1c(F)cccc1F. The zero-order chi connectivity index (χ0) is 13.1. The van der Waals surface area contributed by atoms with Crippen LogP contribution < -0.4 is 5.32 Å². The summed E-state index contributed by atoms with van der Waals surface area (Å²) in [6.45, 7) is 4.27. The highest BCUT2D eigenvalue weighted by molar-refractivity contribution is 5.34. The van der Waals surface area contributed by atoms with E-state index in [0.717, 1.165) is 5.56 Å². The van der Waals surface area contributed by atoms with E-state index in [1.165, 1.54) is 24.5 Å². The van der Waals surface area contributed by atoms with E-state index >= 15 is 0 Å². The zero-order valence-electron chi connectivity index (χ0n) is 10.3. The van der Waals surface area contributed by atoms with Crippen molar-refractivity contribution in [3.05, 3.63) is 59.1 Å². The molecule has 0 saturated heterocycles. The van der Waals surface area contributed by atoms with Crippen molar-refractivity contribution < 1.29 is 13.2 Å². The van der Waals surface area contributed by atoms with Gasteiger partial charge in [0.1, 0.15) is 17.4 Å². The average molecular weight is 251 g/mol. The first-order chi connectivity index (χ1) is 8.65. The van der Waals surface area contributed by atoms with Crippen molar-refractivity contribution in [2.24, 2.45) is 0 Å². The fourth-order valence-electron chi connectivity index (χ4n) is 2.05. The molecule has 0 radical (unpaired) electrons. The maximum atomic E-state index is 13.8. The fraction of sp³-hybridized carbons (Fsp3) is 0.286. The fourth-order valence-corrected chi connectivity index (χ4v) is 2.05. The Kier molecular flexibility index (Phi) is 3.77. The van der Waals surface area contributed by atoms with Gasteiger partial charge in [0.2, 0.25) is 0 Å². The lowest BCUT2D eigenvalue weighted by molar-refractivity contribution is 0.494. The van der Waals surface area contributed by atoms with Gasteiger partial charge in [-0.3, -0.25) is 0 Å². The molecule has 0 fully saturated rings. The Balaban J connectivity index is 2.52. The molecular formula is C14H15F2NO. The van der Waals surface area contributed by atoms with Crippen LogP contribution >= 0.6 is 0 Å². The molecule has 1 N–H and O–H groups in total. The van der Waals surface area contributed by atoms with Crippen LogP contribution in [-0.4, -0.2) is 6.54 Å². The molecule has 2 nitrogen and oxygen atoms in total. The van der Waals surface area contributed by atoms with Crippen molar-refractivity contribution in [1.29, 1.82) is 0 Å². The monoisotopic (exact) mass is 251 g/mol. The second-order valence-corrected chi connectivity index (χ2v) is 4.06. The van der Waals surface area contributed by atoms with Crippen molar-refractivity contribution in [2.45, 2.75) is 19.9 Å². The predicted octanol–water partition coefficient (Wildman–Crippen LogP) is 3.57. The van der Waals surface area contributed by atoms with E-state index in [-0.39, 0.29) is 5.56 Å². The average Bonchev–Trinajstić information content (AvgIpc) is 2.74. The van der Waals surface area contributed by atoms with Crippen LogP contribution in [-0.2, 0) is 0 Å². The second-order valence-electron chi connectivity index (χ2n) is 4.06. The molecule has 1 unspecified atom stereocenters. The third-order valence-corrected chi connectivity index (χ3v) is 2.91. The van der Waals surface area contributed by atoms with Crippen molar-refractivity contribution in [2.75, 3.05) is 6.54 Å². The summed E-state index contributed by atoms with van der Waals surface area (Å²) in [6.07, 6.45) is 1.52. The van der Waals surface area contributed by atoms with Gasteiger partial charge in [-0.15, -0.1) is 0 Å². The molecule has 0 bridgehead atoms. The van der Waals surface area contributed by atoms with Crippen LogP contribution in [0.5, 0.6) is 0 Å². The Bertz CT molecular complexity index is 516. The molecule has 18 heavy (non-hydrogen) atoms. The van der Waals surface area contributed by atoms with Gasteiger partial charge in [0.05, 0.1) is 12.3 Å². The summed E-state index contributed by atoms with van der Waals surface area (Å²) in [5, 5.41) is 3.08. The number of hydrogen-bond acceptors (Lipinski definition) is 2. The summed E-state index contributed by atoms with van der Waals surface area (Å²) >= 11 is 0. The lowest BCUT2D eigenvalue weighted by Gasteiger charge is -2.19. The number of hydrogen-bond donors (Lipinski definition) is 1. The maximum absolute atomic E-state index is 13.8. The van der Waals surface area contributed by atoms with E-state index in [0.29, 0.717) is 12.3 Å². The summed E-state index contributed by atoms with van der Waals surface area (Å²) in [5.74, 6) is -0.452. The van der Waals surface area contributed by atoms with Gasteiger partial charge in [-0.2, -0.15) is 0 Å². The number of halogens is 2. The predicted molar refractivity (Wildman–Crippen MR) is 65.3 cm³/mol. The third kappa shape index (κ3) is 2.29. The molecule has 1 aromatic heterocycles. The van der Waals surface area contributed by atoms with E-state index in [1.807, 2.05) is 6.92 Å². The summed E-state index contributed by atoms with van der Waals surface area (Å²) < 4.78 is 32.9. The van der Waals surface area contributed by atoms with Gasteiger partial charge >= 0.3 is 0 Å². The topological polar surface area (TPSA) is 25.2 Å². The van der Waals surface area contributed by atoms with E-state index in [2.05, 4.69) is 5.32 Å². The van der Waals surface area contributed by atoms with Crippen molar-refractivity contribution in [3.63, 3.8) is 0 Å². The van der Waals surface area contributed by atoms with Gasteiger partial charge in [-0.05, 0) is 31.7 Å². The van der Waals surface area contributed by atoms with Gasteiger partial charge in [0.25, 0.3) is 0 Å². The van der Waals surface area contributed by atoms with Crippen LogP contribution in [0.15, 0.2) is 34.9 Å². The smallest absolute Gasteiger partial charge is 0.131 e. The molecule has 0 spiro atoms. The molecule has 0 aliphatic carbocycles. The molecule has 1 heterocycles. The first kappa shape index (κ1) is 12.8. The lowest BCUT2D eigenvalue weighted by Crippen LogP contribution is -2.24. The standard InChI is InChI=1S/C14H15F2NO/c1-3-17-14(10-7-8-18-9(10)2)13-11(15)5-4-6-12(13)16/h4-8,14,17H,3H2,1-2H3. The van der Waals surface area contributed by atoms with E-state index in [1.54, 1.807) is 13.0 Å². The van der Waals surface area contributed by atoms with E-state index in [4.69, 9.17) is 4.42 Å². The minimum absolute atomic E-state index is 0.0313. The number of rotatable bonds is 4. The molecule has 1 aromatic carbocycles. The number of aryl methyl sites for hydroxylation is 1. The van der Waals surface area contributed by atoms with Crippen molar-refractivity contribution in [1.82, 2.24) is 5.32 Å². The van der Waals surface area contributed by atoms with Gasteiger partial charge < -0.3 is 9.73 Å². The molecule has 0 amide bonds. The van der Waals surface area contributed by atoms with Crippen molar-refractivity contribution in [3.8, 4) is 0 Å². The maximum Gasteiger partial charge on any atom is 0.131 e.